The number of hydrogen-bond acceptors (Lipinski definition) is 3. The van der Waals surface area contributed by atoms with Gasteiger partial charge in [-0.05, 0) is 24.1 Å². The number of amides is 1. The topological polar surface area (TPSA) is 71.4 Å². The molecule has 1 aliphatic heterocycles. The first-order chi connectivity index (χ1) is 12.2. The van der Waals surface area contributed by atoms with Gasteiger partial charge in [-0.2, -0.15) is 0 Å². The number of nitrogens with zero attached hydrogens (tertiary/aromatic N) is 2. The Morgan fingerprint density at radius 3 is 2.58 bits per heavy atom. The van der Waals surface area contributed by atoms with Gasteiger partial charge in [-0.1, -0.05) is 13.8 Å². The Labute approximate surface area is 150 Å². The summed E-state index contributed by atoms with van der Waals surface area (Å²) in [6.07, 6.45) is 1.35. The average Bonchev–Trinajstić information content (AvgIpc) is 2.98. The van der Waals surface area contributed by atoms with Crippen LogP contribution in [0.2, 0.25) is 0 Å². The van der Waals surface area contributed by atoms with Crippen molar-refractivity contribution in [3.05, 3.63) is 47.8 Å². The summed E-state index contributed by atoms with van der Waals surface area (Å²) in [6.45, 7) is 5.56. The van der Waals surface area contributed by atoms with Crippen LogP contribution in [0.4, 0.5) is 14.5 Å². The molecule has 0 unspecified atom stereocenters. The second-order valence-electron chi connectivity index (χ2n) is 6.63. The van der Waals surface area contributed by atoms with Gasteiger partial charge in [-0.15, -0.1) is 0 Å². The Bertz CT molecular complexity index is 954. The lowest BCUT2D eigenvalue weighted by Gasteiger charge is -2.29. The number of nitrogens with one attached hydrogen (secondary N) is 1. The molecular weight excluding hydrogens is 364 g/mol. The molecule has 1 aromatic heterocycles. The number of fused-ring (bicyclic) bond motifs is 1. The second kappa shape index (κ2) is 6.71. The van der Waals surface area contributed by atoms with Crippen molar-refractivity contribution in [3.8, 4) is 0 Å². The Morgan fingerprint density at radius 1 is 1.19 bits per heavy atom. The van der Waals surface area contributed by atoms with Gasteiger partial charge in [0.2, 0.25) is 0 Å². The molecule has 9 heteroatoms. The summed E-state index contributed by atoms with van der Waals surface area (Å²) in [4.78, 5) is 14.1. The van der Waals surface area contributed by atoms with E-state index >= 15 is 0 Å². The Kier molecular flexibility index (Phi) is 4.74. The van der Waals surface area contributed by atoms with E-state index in [2.05, 4.69) is 4.72 Å². The quantitative estimate of drug-likeness (QED) is 0.863. The number of hydrogen-bond donors (Lipinski definition) is 1. The minimum atomic E-state index is -4.11. The molecule has 1 aromatic carbocycles. The highest BCUT2D eigenvalue weighted by atomic mass is 32.2. The normalized spacial score (nSPS) is 14.7. The van der Waals surface area contributed by atoms with Crippen molar-refractivity contribution in [1.82, 2.24) is 9.47 Å². The van der Waals surface area contributed by atoms with Crippen molar-refractivity contribution in [3.63, 3.8) is 0 Å². The van der Waals surface area contributed by atoms with Crippen molar-refractivity contribution in [1.29, 1.82) is 0 Å². The van der Waals surface area contributed by atoms with E-state index in [-0.39, 0.29) is 22.2 Å². The molecule has 140 valence electrons. The lowest BCUT2D eigenvalue weighted by atomic mass is 10.2. The molecule has 0 atom stereocenters. The summed E-state index contributed by atoms with van der Waals surface area (Å²) in [5.41, 5.74) is -0.0832. The second-order valence-corrected chi connectivity index (χ2v) is 8.31. The monoisotopic (exact) mass is 383 g/mol. The number of halogens is 2. The molecule has 3 rings (SSSR count). The fourth-order valence-electron chi connectivity index (χ4n) is 2.88. The molecule has 0 saturated heterocycles. The van der Waals surface area contributed by atoms with Gasteiger partial charge in [0.1, 0.15) is 22.2 Å². The molecule has 1 aliphatic rings. The van der Waals surface area contributed by atoms with Gasteiger partial charge in [0.15, 0.2) is 0 Å². The molecular formula is C17H19F2N3O3S. The maximum absolute atomic E-state index is 13.7. The highest BCUT2D eigenvalue weighted by Gasteiger charge is 2.29. The molecule has 1 N–H and O–H groups in total. The van der Waals surface area contributed by atoms with Crippen LogP contribution in [0.5, 0.6) is 0 Å². The van der Waals surface area contributed by atoms with Crippen molar-refractivity contribution in [2.75, 3.05) is 17.8 Å². The number of rotatable bonds is 5. The van der Waals surface area contributed by atoms with E-state index in [1.807, 2.05) is 13.8 Å². The molecule has 0 aliphatic carbocycles. The first kappa shape index (κ1) is 18.4. The summed E-state index contributed by atoms with van der Waals surface area (Å²) in [6, 6.07) is 3.83. The van der Waals surface area contributed by atoms with Crippen LogP contribution in [0.1, 0.15) is 24.3 Å². The smallest absolute Gasteiger partial charge is 0.270 e. The Balaban J connectivity index is 1.88. The molecule has 0 saturated carbocycles. The summed E-state index contributed by atoms with van der Waals surface area (Å²) >= 11 is 0. The molecule has 6 nitrogen and oxygen atoms in total. The van der Waals surface area contributed by atoms with Gasteiger partial charge in [-0.25, -0.2) is 17.2 Å². The minimum absolute atomic E-state index is 0.143. The van der Waals surface area contributed by atoms with Crippen LogP contribution in [0.15, 0.2) is 35.4 Å². The minimum Gasteiger partial charge on any atom is -0.340 e. The van der Waals surface area contributed by atoms with E-state index < -0.39 is 21.7 Å². The molecule has 0 bridgehead atoms. The first-order valence-corrected chi connectivity index (χ1v) is 9.63. The fourth-order valence-corrected chi connectivity index (χ4v) is 3.98. The molecule has 0 spiro atoms. The summed E-state index contributed by atoms with van der Waals surface area (Å²) in [7, 11) is -4.11. The molecule has 2 heterocycles. The predicted octanol–water partition coefficient (Wildman–Crippen LogP) is 2.68. The van der Waals surface area contributed by atoms with Crippen LogP contribution in [-0.2, 0) is 16.6 Å². The first-order valence-electron chi connectivity index (χ1n) is 8.14. The lowest BCUT2D eigenvalue weighted by Crippen LogP contribution is -2.41. The molecule has 2 aromatic rings. The van der Waals surface area contributed by atoms with Crippen molar-refractivity contribution < 1.29 is 22.0 Å². The van der Waals surface area contributed by atoms with Crippen LogP contribution in [-0.4, -0.2) is 36.9 Å². The largest absolute Gasteiger partial charge is 0.340 e. The molecule has 0 radical (unpaired) electrons. The van der Waals surface area contributed by atoms with Gasteiger partial charge in [-0.3, -0.25) is 9.52 Å². The van der Waals surface area contributed by atoms with Crippen LogP contribution < -0.4 is 4.72 Å². The van der Waals surface area contributed by atoms with Crippen LogP contribution in [0.3, 0.4) is 0 Å². The maximum Gasteiger partial charge on any atom is 0.270 e. The van der Waals surface area contributed by atoms with Crippen LogP contribution in [0, 0.1) is 17.6 Å². The van der Waals surface area contributed by atoms with Crippen LogP contribution in [0.25, 0.3) is 0 Å². The van der Waals surface area contributed by atoms with Gasteiger partial charge >= 0.3 is 0 Å². The van der Waals surface area contributed by atoms with E-state index in [1.165, 1.54) is 12.3 Å². The standard InChI is InChI=1S/C17H19F2N3O3S/c1-11(2)9-22-6-5-21-10-13(8-16(21)17(22)23)26(24,25)20-15-4-3-12(18)7-14(15)19/h3-4,7-8,10-11,20H,5-6,9H2,1-2H3. The van der Waals surface area contributed by atoms with E-state index in [0.717, 1.165) is 12.1 Å². The van der Waals surface area contributed by atoms with Gasteiger partial charge < -0.3 is 9.47 Å². The van der Waals surface area contributed by atoms with E-state index in [0.29, 0.717) is 31.6 Å². The Hall–Kier alpha value is -2.42. The molecule has 26 heavy (non-hydrogen) atoms. The molecule has 1 amide bonds. The SMILES string of the molecule is CC(C)CN1CCn2cc(S(=O)(=O)Nc3ccc(F)cc3F)cc2C1=O. The number of aromatic nitrogens is 1. The number of carbonyl (C=O) groups is 1. The summed E-state index contributed by atoms with van der Waals surface area (Å²) in [5, 5.41) is 0. The molecule has 0 fully saturated rings. The zero-order valence-corrected chi connectivity index (χ0v) is 15.2. The number of carbonyl (C=O) groups excluding carboxylic acids is 1. The third-order valence-corrected chi connectivity index (χ3v) is 5.39. The Morgan fingerprint density at radius 2 is 1.92 bits per heavy atom. The third kappa shape index (κ3) is 3.57. The van der Waals surface area contributed by atoms with Gasteiger partial charge in [0, 0.05) is 31.9 Å². The van der Waals surface area contributed by atoms with E-state index in [1.54, 1.807) is 9.47 Å². The zero-order valence-electron chi connectivity index (χ0n) is 14.4. The van der Waals surface area contributed by atoms with Crippen molar-refractivity contribution >= 4 is 21.6 Å². The van der Waals surface area contributed by atoms with E-state index in [4.69, 9.17) is 0 Å². The summed E-state index contributed by atoms with van der Waals surface area (Å²) < 4.78 is 55.4. The third-order valence-electron chi connectivity index (χ3n) is 4.06. The fraction of sp³-hybridized carbons (Fsp3) is 0.353. The lowest BCUT2D eigenvalue weighted by molar-refractivity contribution is 0.0683. The van der Waals surface area contributed by atoms with Gasteiger partial charge in [0.25, 0.3) is 15.9 Å². The van der Waals surface area contributed by atoms with E-state index in [9.17, 15) is 22.0 Å². The highest BCUT2D eigenvalue weighted by molar-refractivity contribution is 7.92. The number of benzene rings is 1. The summed E-state index contributed by atoms with van der Waals surface area (Å²) in [5.74, 6) is -1.76. The highest BCUT2D eigenvalue weighted by Crippen LogP contribution is 2.24. The predicted molar refractivity (Wildman–Crippen MR) is 92.3 cm³/mol. The van der Waals surface area contributed by atoms with Crippen molar-refractivity contribution in [2.45, 2.75) is 25.3 Å². The van der Waals surface area contributed by atoms with Gasteiger partial charge in [0.05, 0.1) is 5.69 Å². The number of sulfonamides is 1. The van der Waals surface area contributed by atoms with Crippen molar-refractivity contribution in [2.24, 2.45) is 5.92 Å². The number of anilines is 1. The van der Waals surface area contributed by atoms with Crippen LogP contribution >= 0.6 is 0 Å². The maximum atomic E-state index is 13.7. The zero-order chi connectivity index (χ0) is 19.1. The average molecular weight is 383 g/mol.